The molecule has 162 valence electrons. The van der Waals surface area contributed by atoms with Gasteiger partial charge in [0.2, 0.25) is 0 Å². The molecule has 0 aliphatic rings. The summed E-state index contributed by atoms with van der Waals surface area (Å²) in [7, 11) is -6.09. The highest BCUT2D eigenvalue weighted by Crippen LogP contribution is 2.35. The van der Waals surface area contributed by atoms with Crippen LogP contribution in [-0.2, 0) is 22.5 Å². The van der Waals surface area contributed by atoms with Crippen LogP contribution in [0.1, 0.15) is 31.4 Å². The molecule has 1 rings (SSSR count). The average Bonchev–Trinajstić information content (AvgIpc) is 2.49. The number of halogens is 10. The molecule has 0 bridgehead atoms. The molecule has 0 heterocycles. The molecule has 0 saturated heterocycles. The van der Waals surface area contributed by atoms with Gasteiger partial charge in [0.1, 0.15) is 0 Å². The Morgan fingerprint density at radius 2 is 1.32 bits per heavy atom. The predicted molar refractivity (Wildman–Crippen MR) is 74.9 cm³/mol. The van der Waals surface area contributed by atoms with Crippen LogP contribution in [0.15, 0.2) is 27.9 Å². The molecule has 0 aliphatic carbocycles. The number of benzene rings is 1. The summed E-state index contributed by atoms with van der Waals surface area (Å²) in [5.41, 5.74) is -7.18. The largest absolute Gasteiger partial charge is 0.741 e. The van der Waals surface area contributed by atoms with Crippen LogP contribution in [0.25, 0.3) is 0 Å². The molecule has 0 unspecified atom stereocenters. The fraction of sp³-hybridized carbons (Fsp3) is 0.429. The Bertz CT molecular complexity index is 761. The minimum Gasteiger partial charge on any atom is -0.741 e. The number of allylic oxidation sites excluding steroid dienone is 1. The quantitative estimate of drug-likeness (QED) is 0.248. The molecule has 0 saturated carbocycles. The molecule has 0 radical (unpaired) electrons. The lowest BCUT2D eigenvalue weighted by Gasteiger charge is -2.10. The lowest BCUT2D eigenvalue weighted by Crippen LogP contribution is -3.59. The zero-order valence-corrected chi connectivity index (χ0v) is 16.9. The molecule has 0 aliphatic heterocycles. The van der Waals surface area contributed by atoms with Crippen molar-refractivity contribution in [2.45, 2.75) is 38.1 Å². The van der Waals surface area contributed by atoms with Crippen molar-refractivity contribution in [3.8, 4) is 0 Å². The lowest BCUT2D eigenvalue weighted by molar-refractivity contribution is -0.558. The molecule has 0 N–H and O–H groups in total. The molecular weight excluding hydrogens is 546 g/mol. The second-order valence-corrected chi connectivity index (χ2v) is 8.90. The second-order valence-electron chi connectivity index (χ2n) is 5.04. The van der Waals surface area contributed by atoms with Crippen molar-refractivity contribution in [3.63, 3.8) is 0 Å². The number of hydrogen-bond acceptors (Lipinski definition) is 3. The molecular formula is C14H12F9IO3S. The fourth-order valence-corrected chi connectivity index (χ4v) is 3.58. The normalized spacial score (nSPS) is 13.8. The molecule has 3 nitrogen and oxygen atoms in total. The molecule has 14 heteroatoms. The summed E-state index contributed by atoms with van der Waals surface area (Å²) < 4.78 is 137. The first-order chi connectivity index (χ1) is 12.3. The van der Waals surface area contributed by atoms with Crippen LogP contribution in [0.5, 0.6) is 0 Å². The summed E-state index contributed by atoms with van der Waals surface area (Å²) in [5, 5.41) is 0. The zero-order valence-electron chi connectivity index (χ0n) is 13.9. The van der Waals surface area contributed by atoms with Gasteiger partial charge in [-0.1, -0.05) is 6.92 Å². The van der Waals surface area contributed by atoms with Gasteiger partial charge in [0.15, 0.2) is 17.8 Å². The van der Waals surface area contributed by atoms with Gasteiger partial charge in [0.25, 0.3) is 0 Å². The zero-order chi connectivity index (χ0) is 22.6. The van der Waals surface area contributed by atoms with Crippen LogP contribution in [0, 0.1) is 3.57 Å². The molecule has 0 atom stereocenters. The Hall–Kier alpha value is -1.03. The van der Waals surface area contributed by atoms with Gasteiger partial charge in [-0.25, -0.2) is 8.42 Å². The van der Waals surface area contributed by atoms with Crippen LogP contribution in [0.2, 0.25) is 0 Å². The van der Waals surface area contributed by atoms with E-state index in [-0.39, 0.29) is 9.64 Å². The Kier molecular flexibility index (Phi) is 9.29. The van der Waals surface area contributed by atoms with Crippen LogP contribution in [0.4, 0.5) is 39.5 Å². The SMILES string of the molecule is CC/C(C)=C\[I+]c1cc(C(F)(F)F)cc(C(F)(F)F)c1.O=S(=O)([O-])C(F)(F)F. The second kappa shape index (κ2) is 9.65. The van der Waals surface area contributed by atoms with Crippen LogP contribution >= 0.6 is 0 Å². The van der Waals surface area contributed by atoms with Crippen molar-refractivity contribution in [2.24, 2.45) is 0 Å². The molecule has 1 aromatic rings. The highest BCUT2D eigenvalue weighted by molar-refractivity contribution is 7.86. The van der Waals surface area contributed by atoms with Crippen molar-refractivity contribution >= 4 is 10.1 Å². The minimum atomic E-state index is -6.09. The standard InChI is InChI=1S/C13H12F6I.CHF3O3S/c1-3-8(2)7-20-11-5-9(12(14,15)16)4-10(6-11)13(17,18)19;2-1(3,4)8(5,6)7/h4-7H,3H2,1-2H3;(H,5,6,7)/q+1;/p-1/b8-7-;. The highest BCUT2D eigenvalue weighted by atomic mass is 127. The molecule has 28 heavy (non-hydrogen) atoms. The smallest absolute Gasteiger partial charge is 0.485 e. The van der Waals surface area contributed by atoms with Gasteiger partial charge in [0.05, 0.1) is 11.1 Å². The van der Waals surface area contributed by atoms with E-state index < -0.39 is 60.3 Å². The van der Waals surface area contributed by atoms with E-state index in [0.717, 1.165) is 24.1 Å². The molecule has 0 amide bonds. The van der Waals surface area contributed by atoms with Crippen molar-refractivity contribution in [2.75, 3.05) is 0 Å². The first-order valence-corrected chi connectivity index (χ1v) is 10.6. The summed E-state index contributed by atoms with van der Waals surface area (Å²) in [6, 6.07) is 1.77. The first kappa shape index (κ1) is 27.0. The fourth-order valence-electron chi connectivity index (χ4n) is 1.21. The van der Waals surface area contributed by atoms with Crippen LogP contribution < -0.4 is 21.2 Å². The summed E-state index contributed by atoms with van der Waals surface area (Å²) in [5.74, 6) is 0. The molecule has 0 fully saturated rings. The summed E-state index contributed by atoms with van der Waals surface area (Å²) in [6.45, 7) is 3.68. The van der Waals surface area contributed by atoms with Gasteiger partial charge >= 0.3 is 39.1 Å². The van der Waals surface area contributed by atoms with Crippen molar-refractivity contribution in [1.82, 2.24) is 0 Å². The molecule has 0 spiro atoms. The first-order valence-electron chi connectivity index (χ1n) is 6.89. The third kappa shape index (κ3) is 9.45. The van der Waals surface area contributed by atoms with E-state index in [2.05, 4.69) is 0 Å². The van der Waals surface area contributed by atoms with E-state index >= 15 is 0 Å². The van der Waals surface area contributed by atoms with Gasteiger partial charge in [0, 0.05) is 12.1 Å². The number of rotatable bonds is 3. The van der Waals surface area contributed by atoms with E-state index in [1.807, 2.05) is 6.92 Å². The van der Waals surface area contributed by atoms with Gasteiger partial charge in [-0.05, 0) is 25.0 Å². The van der Waals surface area contributed by atoms with Crippen LogP contribution in [-0.4, -0.2) is 18.5 Å². The van der Waals surface area contributed by atoms with Gasteiger partial charge in [-0.3, -0.25) is 0 Å². The summed E-state index contributed by atoms with van der Waals surface area (Å²) >= 11 is -1.01. The monoisotopic (exact) mass is 558 g/mol. The van der Waals surface area contributed by atoms with Crippen LogP contribution in [0.3, 0.4) is 0 Å². The predicted octanol–water partition coefficient (Wildman–Crippen LogP) is 2.35. The molecule has 0 aromatic heterocycles. The Morgan fingerprint density at radius 1 is 0.964 bits per heavy atom. The van der Waals surface area contributed by atoms with E-state index in [9.17, 15) is 39.5 Å². The van der Waals surface area contributed by atoms with Crippen molar-refractivity contribution in [3.05, 3.63) is 42.6 Å². The summed E-state index contributed by atoms with van der Waals surface area (Å²) in [4.78, 5) is 0. The Morgan fingerprint density at radius 3 is 1.57 bits per heavy atom. The van der Waals surface area contributed by atoms with Crippen molar-refractivity contribution in [1.29, 1.82) is 0 Å². The number of hydrogen-bond donors (Lipinski definition) is 0. The maximum Gasteiger partial charge on any atom is 0.485 e. The Balaban J connectivity index is 0.000000769. The third-order valence-electron chi connectivity index (χ3n) is 2.76. The van der Waals surface area contributed by atoms with E-state index in [1.54, 1.807) is 11.0 Å². The average molecular weight is 558 g/mol. The van der Waals surface area contributed by atoms with E-state index in [1.165, 1.54) is 0 Å². The maximum absolute atomic E-state index is 12.6. The number of alkyl halides is 9. The molecule has 1 aromatic carbocycles. The maximum atomic E-state index is 12.6. The van der Waals surface area contributed by atoms with Gasteiger partial charge in [-0.2, -0.15) is 39.5 Å². The lowest BCUT2D eigenvalue weighted by atomic mass is 10.1. The van der Waals surface area contributed by atoms with E-state index in [4.69, 9.17) is 13.0 Å². The van der Waals surface area contributed by atoms with Gasteiger partial charge < -0.3 is 4.55 Å². The van der Waals surface area contributed by atoms with E-state index in [0.29, 0.717) is 0 Å². The topological polar surface area (TPSA) is 57.2 Å². The summed E-state index contributed by atoms with van der Waals surface area (Å²) in [6.07, 6.45) is -8.82. The van der Waals surface area contributed by atoms with Crippen molar-refractivity contribution < 1.29 is 73.7 Å². The minimum absolute atomic E-state index is 0.110. The van der Waals surface area contributed by atoms with Gasteiger partial charge in [-0.15, -0.1) is 0 Å². The Labute approximate surface area is 164 Å². The highest BCUT2D eigenvalue weighted by Gasteiger charge is 2.38. The third-order valence-corrected chi connectivity index (χ3v) is 6.04.